The van der Waals surface area contributed by atoms with Crippen LogP contribution in [0.5, 0.6) is 0 Å². The first-order valence-electron chi connectivity index (χ1n) is 7.28. The summed E-state index contributed by atoms with van der Waals surface area (Å²) in [6.45, 7) is 6.59. The number of rotatable bonds is 9. The Kier molecular flexibility index (Phi) is 8.19. The molecule has 1 rings (SSSR count). The molecule has 0 aromatic heterocycles. The molecule has 0 radical (unpaired) electrons. The molecule has 1 aromatic rings. The van der Waals surface area contributed by atoms with E-state index >= 15 is 0 Å². The molecule has 3 heteroatoms. The summed E-state index contributed by atoms with van der Waals surface area (Å²) in [6, 6.07) is 10.5. The Morgan fingerprint density at radius 3 is 2.37 bits per heavy atom. The molecule has 1 aromatic carbocycles. The van der Waals surface area contributed by atoms with E-state index in [-0.39, 0.29) is 11.3 Å². The van der Waals surface area contributed by atoms with Crippen molar-refractivity contribution < 1.29 is 0 Å². The van der Waals surface area contributed by atoms with Gasteiger partial charge in [-0.3, -0.25) is 0 Å². The maximum atomic E-state index is 6.21. The van der Waals surface area contributed by atoms with Gasteiger partial charge in [-0.05, 0) is 43.8 Å². The van der Waals surface area contributed by atoms with Crippen LogP contribution >= 0.6 is 12.6 Å². The molecule has 0 fully saturated rings. The van der Waals surface area contributed by atoms with Crippen LogP contribution in [-0.2, 0) is 6.42 Å². The molecule has 0 aliphatic heterocycles. The molecule has 2 atom stereocenters. The van der Waals surface area contributed by atoms with E-state index in [1.165, 1.54) is 12.0 Å². The highest BCUT2D eigenvalue weighted by Crippen LogP contribution is 2.11. The Morgan fingerprint density at radius 1 is 1.11 bits per heavy atom. The highest BCUT2D eigenvalue weighted by atomic mass is 32.1. The summed E-state index contributed by atoms with van der Waals surface area (Å²) < 4.78 is 0. The Labute approximate surface area is 123 Å². The molecule has 19 heavy (non-hydrogen) atoms. The number of hydrogen-bond donors (Lipinski definition) is 3. The lowest BCUT2D eigenvalue weighted by Crippen LogP contribution is -2.35. The summed E-state index contributed by atoms with van der Waals surface area (Å²) in [5.74, 6) is 0.764. The van der Waals surface area contributed by atoms with Crippen LogP contribution < -0.4 is 11.1 Å². The summed E-state index contributed by atoms with van der Waals surface area (Å²) >= 11 is 4.63. The van der Waals surface area contributed by atoms with Crippen molar-refractivity contribution in [2.24, 2.45) is 11.7 Å². The molecule has 0 heterocycles. The third-order valence-electron chi connectivity index (χ3n) is 3.32. The fraction of sp³-hybridized carbons (Fsp3) is 0.625. The van der Waals surface area contributed by atoms with Crippen molar-refractivity contribution in [3.8, 4) is 0 Å². The summed E-state index contributed by atoms with van der Waals surface area (Å²) in [4.78, 5) is 0. The first-order valence-corrected chi connectivity index (χ1v) is 7.79. The lowest BCUT2D eigenvalue weighted by Gasteiger charge is -2.19. The van der Waals surface area contributed by atoms with E-state index in [1.54, 1.807) is 0 Å². The van der Waals surface area contributed by atoms with E-state index in [9.17, 15) is 0 Å². The first-order chi connectivity index (χ1) is 9.09. The molecule has 0 saturated heterocycles. The predicted molar refractivity (Wildman–Crippen MR) is 87.8 cm³/mol. The van der Waals surface area contributed by atoms with E-state index in [0.29, 0.717) is 0 Å². The van der Waals surface area contributed by atoms with Gasteiger partial charge in [0.15, 0.2) is 0 Å². The number of thiol groups is 1. The summed E-state index contributed by atoms with van der Waals surface area (Å²) in [6.07, 6.45) is 3.16. The molecular formula is C16H28N2S. The molecular weight excluding hydrogens is 252 g/mol. The standard InChI is InChI=1S/C16H28N2S/c1-13(2)8-10-18-11-9-16(19)15(17)12-14-6-4-3-5-7-14/h3-7,13,15-16,18-19H,8-12,17H2,1-2H3/t15-,16?/m0/s1. The van der Waals surface area contributed by atoms with E-state index in [4.69, 9.17) is 5.73 Å². The van der Waals surface area contributed by atoms with Gasteiger partial charge >= 0.3 is 0 Å². The minimum absolute atomic E-state index is 0.123. The van der Waals surface area contributed by atoms with Crippen LogP contribution in [0.15, 0.2) is 30.3 Å². The highest BCUT2D eigenvalue weighted by Gasteiger charge is 2.13. The Bertz CT molecular complexity index is 327. The van der Waals surface area contributed by atoms with Crippen molar-refractivity contribution in [3.63, 3.8) is 0 Å². The van der Waals surface area contributed by atoms with Crippen molar-refractivity contribution in [1.82, 2.24) is 5.32 Å². The van der Waals surface area contributed by atoms with Crippen LogP contribution in [0.2, 0.25) is 0 Å². The fourth-order valence-electron chi connectivity index (χ4n) is 2.00. The van der Waals surface area contributed by atoms with Crippen molar-refractivity contribution in [3.05, 3.63) is 35.9 Å². The van der Waals surface area contributed by atoms with Crippen LogP contribution in [0.25, 0.3) is 0 Å². The lowest BCUT2D eigenvalue weighted by molar-refractivity contribution is 0.515. The number of nitrogens with one attached hydrogen (secondary N) is 1. The third-order valence-corrected chi connectivity index (χ3v) is 3.96. The number of hydrogen-bond acceptors (Lipinski definition) is 3. The van der Waals surface area contributed by atoms with Gasteiger partial charge in [-0.1, -0.05) is 44.2 Å². The Morgan fingerprint density at radius 2 is 1.74 bits per heavy atom. The van der Waals surface area contributed by atoms with Crippen LogP contribution in [0, 0.1) is 5.92 Å². The number of nitrogens with two attached hydrogens (primary N) is 1. The molecule has 0 amide bonds. The zero-order valence-electron chi connectivity index (χ0n) is 12.2. The van der Waals surface area contributed by atoms with Crippen LogP contribution in [-0.4, -0.2) is 24.4 Å². The molecule has 0 spiro atoms. The SMILES string of the molecule is CC(C)CCNCCC(S)[C@@H](N)Cc1ccccc1. The number of benzene rings is 1. The Hall–Kier alpha value is -0.510. The molecule has 2 nitrogen and oxygen atoms in total. The maximum Gasteiger partial charge on any atom is 0.0197 e. The lowest BCUT2D eigenvalue weighted by atomic mass is 10.0. The van der Waals surface area contributed by atoms with Crippen molar-refractivity contribution in [2.75, 3.05) is 13.1 Å². The van der Waals surface area contributed by atoms with Crippen molar-refractivity contribution in [1.29, 1.82) is 0 Å². The van der Waals surface area contributed by atoms with Gasteiger partial charge in [0.25, 0.3) is 0 Å². The monoisotopic (exact) mass is 280 g/mol. The minimum Gasteiger partial charge on any atom is -0.326 e. The van der Waals surface area contributed by atoms with Gasteiger partial charge in [-0.15, -0.1) is 0 Å². The van der Waals surface area contributed by atoms with Crippen molar-refractivity contribution >= 4 is 12.6 Å². The second-order valence-corrected chi connectivity index (χ2v) is 6.31. The summed E-state index contributed by atoms with van der Waals surface area (Å²) in [5.41, 5.74) is 7.50. The Balaban J connectivity index is 2.16. The fourth-order valence-corrected chi connectivity index (χ4v) is 2.24. The van der Waals surface area contributed by atoms with Crippen LogP contribution in [0.3, 0.4) is 0 Å². The average Bonchev–Trinajstić information content (AvgIpc) is 2.38. The average molecular weight is 280 g/mol. The zero-order valence-corrected chi connectivity index (χ0v) is 13.1. The summed E-state index contributed by atoms with van der Waals surface area (Å²) in [5, 5.41) is 3.72. The van der Waals surface area contributed by atoms with E-state index in [2.05, 4.69) is 56.1 Å². The highest BCUT2D eigenvalue weighted by molar-refractivity contribution is 7.81. The quantitative estimate of drug-likeness (QED) is 0.481. The molecule has 0 saturated carbocycles. The largest absolute Gasteiger partial charge is 0.326 e. The van der Waals surface area contributed by atoms with Gasteiger partial charge in [0, 0.05) is 11.3 Å². The topological polar surface area (TPSA) is 38.0 Å². The molecule has 3 N–H and O–H groups in total. The van der Waals surface area contributed by atoms with Gasteiger partial charge in [0.05, 0.1) is 0 Å². The van der Waals surface area contributed by atoms with Gasteiger partial charge in [0.2, 0.25) is 0 Å². The van der Waals surface area contributed by atoms with Gasteiger partial charge < -0.3 is 11.1 Å². The van der Waals surface area contributed by atoms with E-state index in [1.807, 2.05) is 6.07 Å². The third kappa shape index (κ3) is 7.61. The van der Waals surface area contributed by atoms with Gasteiger partial charge in [0.1, 0.15) is 0 Å². The van der Waals surface area contributed by atoms with Gasteiger partial charge in [-0.2, -0.15) is 12.6 Å². The maximum absolute atomic E-state index is 6.21. The predicted octanol–water partition coefficient (Wildman–Crippen LogP) is 2.88. The zero-order chi connectivity index (χ0) is 14.1. The second-order valence-electron chi connectivity index (χ2n) is 5.64. The van der Waals surface area contributed by atoms with Crippen molar-refractivity contribution in [2.45, 2.75) is 44.4 Å². The molecule has 108 valence electrons. The molecule has 0 bridgehead atoms. The smallest absolute Gasteiger partial charge is 0.0197 e. The van der Waals surface area contributed by atoms with E-state index in [0.717, 1.165) is 31.8 Å². The van der Waals surface area contributed by atoms with Crippen LogP contribution in [0.4, 0.5) is 0 Å². The molecule has 1 unspecified atom stereocenters. The molecule has 0 aliphatic carbocycles. The first kappa shape index (κ1) is 16.5. The van der Waals surface area contributed by atoms with E-state index < -0.39 is 0 Å². The normalized spacial score (nSPS) is 14.6. The summed E-state index contributed by atoms with van der Waals surface area (Å²) in [7, 11) is 0. The van der Waals surface area contributed by atoms with Gasteiger partial charge in [-0.25, -0.2) is 0 Å². The second kappa shape index (κ2) is 9.40. The van der Waals surface area contributed by atoms with Crippen LogP contribution in [0.1, 0.15) is 32.3 Å². The minimum atomic E-state index is 0.123. The molecule has 0 aliphatic rings.